The summed E-state index contributed by atoms with van der Waals surface area (Å²) in [6.45, 7) is 5.17. The van der Waals surface area contributed by atoms with Gasteiger partial charge in [-0.1, -0.05) is 6.92 Å². The maximum Gasteiger partial charge on any atom is 0.0782 e. The van der Waals surface area contributed by atoms with Crippen LogP contribution in [0.3, 0.4) is 0 Å². The van der Waals surface area contributed by atoms with Crippen molar-refractivity contribution in [1.29, 1.82) is 0 Å². The first-order valence-corrected chi connectivity index (χ1v) is 2.66. The first-order chi connectivity index (χ1) is 3.43. The van der Waals surface area contributed by atoms with Crippen LogP contribution in [0.1, 0.15) is 6.92 Å². The van der Waals surface area contributed by atoms with E-state index in [-0.39, 0.29) is 0 Å². The van der Waals surface area contributed by atoms with Crippen molar-refractivity contribution in [3.8, 4) is 0 Å². The van der Waals surface area contributed by atoms with Gasteiger partial charge in [0.2, 0.25) is 0 Å². The van der Waals surface area contributed by atoms with E-state index in [1.54, 1.807) is 0 Å². The summed E-state index contributed by atoms with van der Waals surface area (Å²) in [5, 5.41) is 3.18. The molecule has 40 valence electrons. The van der Waals surface area contributed by atoms with Gasteiger partial charge in [0.1, 0.15) is 0 Å². The Balaban J connectivity index is 1.89. The molecule has 1 heterocycles. The van der Waals surface area contributed by atoms with Gasteiger partial charge < -0.3 is 5.32 Å². The van der Waals surface area contributed by atoms with Gasteiger partial charge in [0, 0.05) is 12.3 Å². The normalized spacial score (nSPS) is 16.4. The van der Waals surface area contributed by atoms with Crippen LogP contribution in [0.25, 0.3) is 0 Å². The molecular weight excluding hydrogens is 88.1 g/mol. The highest BCUT2D eigenvalue weighted by atomic mass is 15.0. The van der Waals surface area contributed by atoms with Gasteiger partial charge in [0.15, 0.2) is 0 Å². The standard InChI is InChI=1S/C5H10N2/c1-2-6-3-5-4-7-5/h6H,2-4H2,1H3. The molecule has 2 nitrogen and oxygen atoms in total. The number of hydrogen-bond donors (Lipinski definition) is 1. The first-order valence-electron chi connectivity index (χ1n) is 2.66. The van der Waals surface area contributed by atoms with E-state index in [1.807, 2.05) is 0 Å². The predicted molar refractivity (Wildman–Crippen MR) is 30.8 cm³/mol. The molecule has 0 aliphatic carbocycles. The zero-order valence-corrected chi connectivity index (χ0v) is 4.57. The van der Waals surface area contributed by atoms with E-state index in [0.29, 0.717) is 0 Å². The molecule has 0 saturated carbocycles. The van der Waals surface area contributed by atoms with Crippen LogP contribution < -0.4 is 5.32 Å². The summed E-state index contributed by atoms with van der Waals surface area (Å²) in [5.74, 6) is 0. The van der Waals surface area contributed by atoms with Crippen LogP contribution in [-0.4, -0.2) is 25.3 Å². The second-order valence-corrected chi connectivity index (χ2v) is 1.66. The zero-order valence-electron chi connectivity index (χ0n) is 4.57. The lowest BCUT2D eigenvalue weighted by molar-refractivity contribution is 0.822. The molecule has 0 aromatic heterocycles. The first kappa shape index (κ1) is 4.78. The number of rotatable bonds is 3. The van der Waals surface area contributed by atoms with Crippen molar-refractivity contribution < 1.29 is 0 Å². The Labute approximate surface area is 43.6 Å². The fourth-order valence-electron chi connectivity index (χ4n) is 0.437. The average molecular weight is 98.1 g/mol. The lowest BCUT2D eigenvalue weighted by Gasteiger charge is -1.89. The van der Waals surface area contributed by atoms with Crippen molar-refractivity contribution in [3.05, 3.63) is 0 Å². The molecule has 0 atom stereocenters. The summed E-state index contributed by atoms with van der Waals surface area (Å²) in [6, 6.07) is 0. The second-order valence-electron chi connectivity index (χ2n) is 1.66. The average Bonchev–Trinajstić information content (AvgIpc) is 2.42. The van der Waals surface area contributed by atoms with Crippen molar-refractivity contribution in [2.75, 3.05) is 19.6 Å². The minimum atomic E-state index is 1.01. The third-order valence-corrected chi connectivity index (χ3v) is 0.961. The fourth-order valence-corrected chi connectivity index (χ4v) is 0.437. The highest BCUT2D eigenvalue weighted by Gasteiger charge is 2.06. The monoisotopic (exact) mass is 98.1 g/mol. The third kappa shape index (κ3) is 1.69. The number of nitrogens with one attached hydrogen (secondary N) is 1. The number of nitrogens with zero attached hydrogens (tertiary/aromatic N) is 1. The van der Waals surface area contributed by atoms with Crippen molar-refractivity contribution in [2.45, 2.75) is 6.92 Å². The van der Waals surface area contributed by atoms with E-state index in [9.17, 15) is 0 Å². The van der Waals surface area contributed by atoms with Crippen LogP contribution in [0.4, 0.5) is 0 Å². The number of aliphatic imine (C=N–C) groups is 1. The highest BCUT2D eigenvalue weighted by molar-refractivity contribution is 5.98. The lowest BCUT2D eigenvalue weighted by atomic mass is 10.5. The Hall–Kier alpha value is -0.370. The Morgan fingerprint density at radius 3 is 3.00 bits per heavy atom. The molecular formula is C5H10N2. The molecule has 0 spiro atoms. The number of hydrogen-bond acceptors (Lipinski definition) is 2. The Kier molecular flexibility index (Phi) is 1.42. The largest absolute Gasteiger partial charge is 0.312 e. The van der Waals surface area contributed by atoms with E-state index < -0.39 is 0 Å². The molecule has 7 heavy (non-hydrogen) atoms. The SMILES string of the molecule is CCNCC1=NC1. The zero-order chi connectivity index (χ0) is 5.11. The van der Waals surface area contributed by atoms with E-state index in [1.165, 1.54) is 5.71 Å². The molecule has 0 unspecified atom stereocenters. The molecule has 1 aliphatic rings. The molecule has 1 N–H and O–H groups in total. The molecule has 1 rings (SSSR count). The molecule has 1 aliphatic heterocycles. The van der Waals surface area contributed by atoms with E-state index >= 15 is 0 Å². The minimum Gasteiger partial charge on any atom is -0.312 e. The highest BCUT2D eigenvalue weighted by Crippen LogP contribution is 1.92. The summed E-state index contributed by atoms with van der Waals surface area (Å²) >= 11 is 0. The Morgan fingerprint density at radius 2 is 2.57 bits per heavy atom. The van der Waals surface area contributed by atoms with Gasteiger partial charge in [-0.15, -0.1) is 0 Å². The smallest absolute Gasteiger partial charge is 0.0782 e. The van der Waals surface area contributed by atoms with E-state index in [0.717, 1.165) is 19.6 Å². The third-order valence-electron chi connectivity index (χ3n) is 0.961. The molecule has 0 bridgehead atoms. The van der Waals surface area contributed by atoms with Gasteiger partial charge in [-0.2, -0.15) is 0 Å². The summed E-state index contributed by atoms with van der Waals surface area (Å²) in [5.41, 5.74) is 1.32. The summed E-state index contributed by atoms with van der Waals surface area (Å²) in [4.78, 5) is 3.99. The fraction of sp³-hybridized carbons (Fsp3) is 0.800. The van der Waals surface area contributed by atoms with Crippen molar-refractivity contribution >= 4 is 5.71 Å². The maximum atomic E-state index is 3.99. The summed E-state index contributed by atoms with van der Waals surface area (Å²) in [6.07, 6.45) is 0. The molecule has 0 fully saturated rings. The van der Waals surface area contributed by atoms with Gasteiger partial charge in [0.05, 0.1) is 6.54 Å². The Morgan fingerprint density at radius 1 is 1.86 bits per heavy atom. The molecule has 0 saturated heterocycles. The summed E-state index contributed by atoms with van der Waals surface area (Å²) in [7, 11) is 0. The van der Waals surface area contributed by atoms with Crippen LogP contribution in [-0.2, 0) is 0 Å². The van der Waals surface area contributed by atoms with Crippen LogP contribution >= 0.6 is 0 Å². The maximum absolute atomic E-state index is 3.99. The van der Waals surface area contributed by atoms with Gasteiger partial charge in [-0.05, 0) is 6.54 Å². The van der Waals surface area contributed by atoms with Crippen molar-refractivity contribution in [3.63, 3.8) is 0 Å². The van der Waals surface area contributed by atoms with Gasteiger partial charge in [-0.25, -0.2) is 0 Å². The molecule has 0 radical (unpaired) electrons. The van der Waals surface area contributed by atoms with Crippen molar-refractivity contribution in [2.24, 2.45) is 4.99 Å². The van der Waals surface area contributed by atoms with Crippen LogP contribution in [0.5, 0.6) is 0 Å². The molecule has 0 aromatic rings. The molecule has 0 amide bonds. The topological polar surface area (TPSA) is 24.4 Å². The van der Waals surface area contributed by atoms with Gasteiger partial charge in [-0.3, -0.25) is 4.99 Å². The van der Waals surface area contributed by atoms with Crippen LogP contribution in [0, 0.1) is 0 Å². The quantitative estimate of drug-likeness (QED) is 0.530. The van der Waals surface area contributed by atoms with Gasteiger partial charge >= 0.3 is 0 Å². The summed E-state index contributed by atoms with van der Waals surface area (Å²) < 4.78 is 0. The van der Waals surface area contributed by atoms with Crippen LogP contribution in [0.2, 0.25) is 0 Å². The van der Waals surface area contributed by atoms with Gasteiger partial charge in [0.25, 0.3) is 0 Å². The van der Waals surface area contributed by atoms with E-state index in [4.69, 9.17) is 0 Å². The molecule has 2 heteroatoms. The van der Waals surface area contributed by atoms with Crippen LogP contribution in [0.15, 0.2) is 4.99 Å². The lowest BCUT2D eigenvalue weighted by Crippen LogP contribution is -2.17. The second kappa shape index (κ2) is 2.07. The molecule has 0 aromatic carbocycles. The predicted octanol–water partition coefficient (Wildman–Crippen LogP) is 0.0505. The van der Waals surface area contributed by atoms with E-state index in [2.05, 4.69) is 17.2 Å². The van der Waals surface area contributed by atoms with Crippen molar-refractivity contribution in [1.82, 2.24) is 5.32 Å². The minimum absolute atomic E-state index is 1.01. The Bertz CT molecular complexity index is 86.1.